The van der Waals surface area contributed by atoms with Crippen molar-refractivity contribution in [3.8, 4) is 5.75 Å². The third kappa shape index (κ3) is 2.85. The molecule has 1 N–H and O–H groups in total. The molecule has 0 amide bonds. The number of phenolic OH excluding ortho intramolecular Hbond substituents is 1. The Morgan fingerprint density at radius 3 is 2.48 bits per heavy atom. The summed E-state index contributed by atoms with van der Waals surface area (Å²) < 4.78 is 40.2. The molecule has 0 aliphatic carbocycles. The van der Waals surface area contributed by atoms with E-state index in [1.807, 2.05) is 0 Å². The summed E-state index contributed by atoms with van der Waals surface area (Å²) in [5.41, 5.74) is 1.01. The van der Waals surface area contributed by atoms with E-state index in [0.29, 0.717) is 11.3 Å². The molecule has 0 aliphatic rings. The molecule has 0 saturated carbocycles. The van der Waals surface area contributed by atoms with E-state index in [9.17, 15) is 17.9 Å². The van der Waals surface area contributed by atoms with Crippen LogP contribution >= 0.6 is 0 Å². The minimum Gasteiger partial charge on any atom is -0.508 e. The smallest absolute Gasteiger partial charge is 0.267 e. The Bertz CT molecular complexity index is 759. The number of sulfonamides is 1. The number of anilines is 1. The standard InChI is InChI=1S/C15H16FNO3S/c1-3-17(14-10-12(18)9-8-11(14)2)21(19,20)15-7-5-4-6-13(15)16/h4-10,18H,3H2,1-2H3. The monoisotopic (exact) mass is 309 g/mol. The molecule has 0 radical (unpaired) electrons. The fourth-order valence-electron chi connectivity index (χ4n) is 2.11. The zero-order chi connectivity index (χ0) is 15.6. The van der Waals surface area contributed by atoms with Gasteiger partial charge in [0.1, 0.15) is 16.5 Å². The number of phenols is 1. The van der Waals surface area contributed by atoms with Crippen molar-refractivity contribution in [2.24, 2.45) is 0 Å². The van der Waals surface area contributed by atoms with E-state index in [1.165, 1.54) is 30.3 Å². The Labute approximate surface area is 123 Å². The van der Waals surface area contributed by atoms with Gasteiger partial charge in [0.05, 0.1) is 5.69 Å². The average molecular weight is 309 g/mol. The van der Waals surface area contributed by atoms with Crippen LogP contribution in [0.3, 0.4) is 0 Å². The highest BCUT2D eigenvalue weighted by Crippen LogP contribution is 2.30. The highest BCUT2D eigenvalue weighted by molar-refractivity contribution is 7.92. The van der Waals surface area contributed by atoms with Gasteiger partial charge in [-0.2, -0.15) is 0 Å². The summed E-state index contributed by atoms with van der Waals surface area (Å²) in [5.74, 6) is -0.841. The molecule has 0 heterocycles. The van der Waals surface area contributed by atoms with Gasteiger partial charge in [-0.1, -0.05) is 18.2 Å². The van der Waals surface area contributed by atoms with E-state index in [0.717, 1.165) is 10.4 Å². The minimum atomic E-state index is -4.03. The fourth-order valence-corrected chi connectivity index (χ4v) is 3.71. The van der Waals surface area contributed by atoms with Crippen molar-refractivity contribution in [1.29, 1.82) is 0 Å². The molecule has 2 aromatic carbocycles. The van der Waals surface area contributed by atoms with Gasteiger partial charge in [-0.25, -0.2) is 12.8 Å². The largest absolute Gasteiger partial charge is 0.508 e. The maximum atomic E-state index is 13.8. The van der Waals surface area contributed by atoms with E-state index >= 15 is 0 Å². The van der Waals surface area contributed by atoms with Crippen molar-refractivity contribution in [2.45, 2.75) is 18.7 Å². The topological polar surface area (TPSA) is 57.6 Å². The molecule has 0 spiro atoms. The van der Waals surface area contributed by atoms with Crippen LogP contribution in [0, 0.1) is 12.7 Å². The molecular weight excluding hydrogens is 293 g/mol. The van der Waals surface area contributed by atoms with Gasteiger partial charge >= 0.3 is 0 Å². The summed E-state index contributed by atoms with van der Waals surface area (Å²) in [6.45, 7) is 3.51. The van der Waals surface area contributed by atoms with Crippen LogP contribution in [0.1, 0.15) is 12.5 Å². The number of rotatable bonds is 4. The van der Waals surface area contributed by atoms with Crippen molar-refractivity contribution in [1.82, 2.24) is 0 Å². The van der Waals surface area contributed by atoms with Crippen LogP contribution in [0.2, 0.25) is 0 Å². The second-order valence-corrected chi connectivity index (χ2v) is 6.40. The Morgan fingerprint density at radius 1 is 1.19 bits per heavy atom. The Morgan fingerprint density at radius 2 is 1.86 bits per heavy atom. The molecule has 6 heteroatoms. The van der Waals surface area contributed by atoms with Crippen LogP contribution in [0.4, 0.5) is 10.1 Å². The summed E-state index contributed by atoms with van der Waals surface area (Å²) in [6, 6.07) is 9.69. The van der Waals surface area contributed by atoms with Crippen LogP contribution < -0.4 is 4.31 Å². The number of hydrogen-bond acceptors (Lipinski definition) is 3. The molecule has 0 bridgehead atoms. The van der Waals surface area contributed by atoms with Gasteiger partial charge in [0.2, 0.25) is 0 Å². The number of aromatic hydroxyl groups is 1. The van der Waals surface area contributed by atoms with Crippen LogP contribution in [-0.4, -0.2) is 20.1 Å². The van der Waals surface area contributed by atoms with E-state index in [1.54, 1.807) is 19.9 Å². The molecule has 0 unspecified atom stereocenters. The second-order valence-electron chi connectivity index (χ2n) is 4.57. The maximum absolute atomic E-state index is 13.8. The van der Waals surface area contributed by atoms with E-state index < -0.39 is 15.8 Å². The minimum absolute atomic E-state index is 0.0437. The average Bonchev–Trinajstić information content (AvgIpc) is 2.43. The first-order chi connectivity index (χ1) is 9.87. The quantitative estimate of drug-likeness (QED) is 0.944. The van der Waals surface area contributed by atoms with Crippen LogP contribution in [0.25, 0.3) is 0 Å². The molecule has 2 aromatic rings. The second kappa shape index (κ2) is 5.73. The van der Waals surface area contributed by atoms with Gasteiger partial charge in [0, 0.05) is 12.6 Å². The fraction of sp³-hybridized carbons (Fsp3) is 0.200. The van der Waals surface area contributed by atoms with Gasteiger partial charge in [0.25, 0.3) is 10.0 Å². The lowest BCUT2D eigenvalue weighted by atomic mass is 10.2. The van der Waals surface area contributed by atoms with Gasteiger partial charge < -0.3 is 5.11 Å². The first kappa shape index (κ1) is 15.3. The Hall–Kier alpha value is -2.08. The van der Waals surface area contributed by atoms with E-state index in [-0.39, 0.29) is 17.2 Å². The summed E-state index contributed by atoms with van der Waals surface area (Å²) in [4.78, 5) is -0.380. The summed E-state index contributed by atoms with van der Waals surface area (Å²) in [6.07, 6.45) is 0. The van der Waals surface area contributed by atoms with E-state index in [2.05, 4.69) is 0 Å². The maximum Gasteiger partial charge on any atom is 0.267 e. The lowest BCUT2D eigenvalue weighted by molar-refractivity contribution is 0.475. The molecule has 0 aromatic heterocycles. The van der Waals surface area contributed by atoms with Gasteiger partial charge in [-0.15, -0.1) is 0 Å². The molecule has 0 aliphatic heterocycles. The van der Waals surface area contributed by atoms with Gasteiger partial charge in [-0.05, 0) is 37.6 Å². The SMILES string of the molecule is CCN(c1cc(O)ccc1C)S(=O)(=O)c1ccccc1F. The first-order valence-corrected chi connectivity index (χ1v) is 7.89. The predicted molar refractivity (Wildman–Crippen MR) is 79.4 cm³/mol. The Balaban J connectivity index is 2.60. The molecule has 0 saturated heterocycles. The molecule has 0 fully saturated rings. The third-order valence-corrected chi connectivity index (χ3v) is 5.08. The van der Waals surface area contributed by atoms with Gasteiger partial charge in [-0.3, -0.25) is 4.31 Å². The lowest BCUT2D eigenvalue weighted by Gasteiger charge is -2.24. The zero-order valence-corrected chi connectivity index (χ0v) is 12.6. The lowest BCUT2D eigenvalue weighted by Crippen LogP contribution is -2.32. The van der Waals surface area contributed by atoms with Crippen LogP contribution in [-0.2, 0) is 10.0 Å². The number of halogens is 1. The molecule has 2 rings (SSSR count). The molecule has 112 valence electrons. The molecular formula is C15H16FNO3S. The number of benzene rings is 2. The van der Waals surface area contributed by atoms with Crippen molar-refractivity contribution in [2.75, 3.05) is 10.8 Å². The normalized spacial score (nSPS) is 11.4. The molecule has 0 atom stereocenters. The van der Waals surface area contributed by atoms with Crippen molar-refractivity contribution in [3.05, 3.63) is 53.8 Å². The Kier molecular flexibility index (Phi) is 4.18. The van der Waals surface area contributed by atoms with Crippen molar-refractivity contribution < 1.29 is 17.9 Å². The van der Waals surface area contributed by atoms with Crippen LogP contribution in [0.15, 0.2) is 47.4 Å². The predicted octanol–water partition coefficient (Wildman–Crippen LogP) is 3.05. The third-order valence-electron chi connectivity index (χ3n) is 3.15. The van der Waals surface area contributed by atoms with Crippen LogP contribution in [0.5, 0.6) is 5.75 Å². The summed E-state index contributed by atoms with van der Waals surface area (Å²) in [5, 5.41) is 9.58. The van der Waals surface area contributed by atoms with Crippen molar-refractivity contribution >= 4 is 15.7 Å². The zero-order valence-electron chi connectivity index (χ0n) is 11.7. The van der Waals surface area contributed by atoms with Crippen molar-refractivity contribution in [3.63, 3.8) is 0 Å². The highest BCUT2D eigenvalue weighted by atomic mass is 32.2. The molecule has 21 heavy (non-hydrogen) atoms. The summed E-state index contributed by atoms with van der Waals surface area (Å²) >= 11 is 0. The molecule has 4 nitrogen and oxygen atoms in total. The van der Waals surface area contributed by atoms with Gasteiger partial charge in [0.15, 0.2) is 0 Å². The van der Waals surface area contributed by atoms with E-state index in [4.69, 9.17) is 0 Å². The number of hydrogen-bond donors (Lipinski definition) is 1. The first-order valence-electron chi connectivity index (χ1n) is 6.44. The number of nitrogens with zero attached hydrogens (tertiary/aromatic N) is 1. The highest BCUT2D eigenvalue weighted by Gasteiger charge is 2.27. The summed E-state index contributed by atoms with van der Waals surface area (Å²) in [7, 11) is -4.03. The number of aryl methyl sites for hydroxylation is 1.